The van der Waals surface area contributed by atoms with Crippen molar-refractivity contribution < 1.29 is 14.1 Å². The van der Waals surface area contributed by atoms with Gasteiger partial charge < -0.3 is 10.5 Å². The molecular weight excluding hydrogens is 251 g/mol. The molecule has 5 nitrogen and oxygen atoms in total. The number of nitrogens with zero attached hydrogens (tertiary/aromatic N) is 1. The van der Waals surface area contributed by atoms with Crippen molar-refractivity contribution in [2.75, 3.05) is 0 Å². The topological polar surface area (TPSA) is 78.4 Å². The molecule has 0 unspecified atom stereocenters. The van der Waals surface area contributed by atoms with Crippen molar-refractivity contribution >= 4 is 5.69 Å². The molecule has 0 radical (unpaired) electrons. The Morgan fingerprint density at radius 1 is 1.26 bits per heavy atom. The molecule has 0 aliphatic heterocycles. The highest BCUT2D eigenvalue weighted by atomic mass is 19.1. The summed E-state index contributed by atoms with van der Waals surface area (Å²) in [5, 5.41) is 10.8. The summed E-state index contributed by atoms with van der Waals surface area (Å²) >= 11 is 0. The van der Waals surface area contributed by atoms with Crippen LogP contribution in [0.1, 0.15) is 5.56 Å². The van der Waals surface area contributed by atoms with Crippen molar-refractivity contribution in [3.63, 3.8) is 0 Å². The Kier molecular flexibility index (Phi) is 3.72. The van der Waals surface area contributed by atoms with Crippen molar-refractivity contribution in [1.29, 1.82) is 0 Å². The van der Waals surface area contributed by atoms with Crippen LogP contribution in [0.3, 0.4) is 0 Å². The van der Waals surface area contributed by atoms with E-state index in [1.807, 2.05) is 0 Å². The van der Waals surface area contributed by atoms with Gasteiger partial charge in [0, 0.05) is 18.7 Å². The average molecular weight is 262 g/mol. The number of nitro benzene ring substituents is 1. The fourth-order valence-electron chi connectivity index (χ4n) is 1.58. The van der Waals surface area contributed by atoms with Crippen LogP contribution in [0.25, 0.3) is 0 Å². The summed E-state index contributed by atoms with van der Waals surface area (Å²) in [7, 11) is 0. The molecule has 0 aliphatic rings. The number of nitrogens with two attached hydrogens (primary N) is 1. The maximum atomic E-state index is 13.1. The Labute approximate surface area is 108 Å². The van der Waals surface area contributed by atoms with Gasteiger partial charge in [0.2, 0.25) is 5.75 Å². The fraction of sp³-hybridized carbons (Fsp3) is 0.0769. The van der Waals surface area contributed by atoms with Gasteiger partial charge in [0.25, 0.3) is 0 Å². The Hall–Kier alpha value is -2.47. The molecule has 2 aromatic carbocycles. The highest BCUT2D eigenvalue weighted by Crippen LogP contribution is 2.32. The van der Waals surface area contributed by atoms with Gasteiger partial charge in [0.15, 0.2) is 0 Å². The molecule has 19 heavy (non-hydrogen) atoms. The summed E-state index contributed by atoms with van der Waals surface area (Å²) in [4.78, 5) is 10.2. The van der Waals surface area contributed by atoms with E-state index in [2.05, 4.69) is 0 Å². The molecule has 2 rings (SSSR count). The van der Waals surface area contributed by atoms with E-state index in [0.717, 1.165) is 23.8 Å². The van der Waals surface area contributed by atoms with Gasteiger partial charge >= 0.3 is 5.69 Å². The molecule has 0 atom stereocenters. The fourth-order valence-corrected chi connectivity index (χ4v) is 1.58. The van der Waals surface area contributed by atoms with Crippen molar-refractivity contribution in [2.24, 2.45) is 5.73 Å². The first-order chi connectivity index (χ1) is 9.10. The minimum absolute atomic E-state index is 0.140. The number of halogens is 1. The van der Waals surface area contributed by atoms with Crippen LogP contribution < -0.4 is 10.5 Å². The van der Waals surface area contributed by atoms with Crippen molar-refractivity contribution in [3.05, 3.63) is 64.0 Å². The lowest BCUT2D eigenvalue weighted by Gasteiger charge is -2.07. The lowest BCUT2D eigenvalue weighted by atomic mass is 10.2. The van der Waals surface area contributed by atoms with Crippen molar-refractivity contribution in [2.45, 2.75) is 6.54 Å². The van der Waals surface area contributed by atoms with E-state index in [0.29, 0.717) is 12.3 Å². The van der Waals surface area contributed by atoms with Crippen LogP contribution in [0.15, 0.2) is 42.5 Å². The molecule has 0 saturated carbocycles. The number of hydrogen-bond donors (Lipinski definition) is 1. The third-order valence-electron chi connectivity index (χ3n) is 2.48. The van der Waals surface area contributed by atoms with E-state index < -0.39 is 10.7 Å². The summed E-state index contributed by atoms with van der Waals surface area (Å²) in [6, 6.07) is 9.84. The van der Waals surface area contributed by atoms with Gasteiger partial charge in [-0.05, 0) is 23.8 Å². The largest absolute Gasteiger partial charge is 0.450 e. The normalized spacial score (nSPS) is 10.2. The third-order valence-corrected chi connectivity index (χ3v) is 2.48. The zero-order valence-corrected chi connectivity index (χ0v) is 9.88. The summed E-state index contributed by atoms with van der Waals surface area (Å²) in [6.07, 6.45) is 0. The molecule has 0 bridgehead atoms. The van der Waals surface area contributed by atoms with E-state index in [4.69, 9.17) is 10.5 Å². The number of ether oxygens (including phenoxy) is 1. The van der Waals surface area contributed by atoms with Gasteiger partial charge in [-0.15, -0.1) is 0 Å². The van der Waals surface area contributed by atoms with Gasteiger partial charge in [-0.1, -0.05) is 12.1 Å². The summed E-state index contributed by atoms with van der Waals surface area (Å²) < 4.78 is 18.5. The van der Waals surface area contributed by atoms with Gasteiger partial charge in [-0.3, -0.25) is 10.1 Å². The molecule has 0 saturated heterocycles. The van der Waals surface area contributed by atoms with Crippen molar-refractivity contribution in [1.82, 2.24) is 0 Å². The first-order valence-corrected chi connectivity index (χ1v) is 5.51. The lowest BCUT2D eigenvalue weighted by molar-refractivity contribution is -0.385. The highest BCUT2D eigenvalue weighted by molar-refractivity contribution is 5.48. The molecule has 0 amide bonds. The molecule has 2 N–H and O–H groups in total. The van der Waals surface area contributed by atoms with Crippen LogP contribution in [0.2, 0.25) is 0 Å². The molecule has 0 aromatic heterocycles. The van der Waals surface area contributed by atoms with Crippen LogP contribution in [0, 0.1) is 15.9 Å². The molecule has 0 fully saturated rings. The second kappa shape index (κ2) is 5.45. The minimum Gasteiger partial charge on any atom is -0.450 e. The smallest absolute Gasteiger partial charge is 0.311 e. The summed E-state index contributed by atoms with van der Waals surface area (Å²) in [6.45, 7) is 0.322. The van der Waals surface area contributed by atoms with Crippen LogP contribution in [-0.2, 0) is 6.54 Å². The van der Waals surface area contributed by atoms with E-state index in [1.54, 1.807) is 24.3 Å². The summed E-state index contributed by atoms with van der Waals surface area (Å²) in [5.74, 6) is -0.369. The van der Waals surface area contributed by atoms with Crippen LogP contribution >= 0.6 is 0 Å². The molecule has 0 heterocycles. The number of rotatable bonds is 4. The average Bonchev–Trinajstić information content (AvgIpc) is 2.38. The molecule has 0 aliphatic carbocycles. The quantitative estimate of drug-likeness (QED) is 0.678. The second-order valence-electron chi connectivity index (χ2n) is 3.82. The Morgan fingerprint density at radius 2 is 2.05 bits per heavy atom. The lowest BCUT2D eigenvalue weighted by Crippen LogP contribution is -1.97. The summed E-state index contributed by atoms with van der Waals surface area (Å²) in [5.41, 5.74) is 6.01. The molecule has 98 valence electrons. The zero-order valence-electron chi connectivity index (χ0n) is 9.88. The first-order valence-electron chi connectivity index (χ1n) is 5.51. The van der Waals surface area contributed by atoms with Crippen LogP contribution in [-0.4, -0.2) is 4.92 Å². The van der Waals surface area contributed by atoms with E-state index in [1.165, 1.54) is 0 Å². The maximum Gasteiger partial charge on any atom is 0.311 e. The molecule has 0 spiro atoms. The minimum atomic E-state index is -0.623. The van der Waals surface area contributed by atoms with E-state index >= 15 is 0 Å². The standard InChI is InChI=1S/C13H11FN2O3/c14-10-4-5-12(16(17)18)13(7-10)19-11-3-1-2-9(6-11)8-15/h1-7H,8,15H2. The van der Waals surface area contributed by atoms with E-state index in [9.17, 15) is 14.5 Å². The predicted molar refractivity (Wildman–Crippen MR) is 67.5 cm³/mol. The number of nitro groups is 1. The van der Waals surface area contributed by atoms with E-state index in [-0.39, 0.29) is 11.4 Å². The van der Waals surface area contributed by atoms with Crippen LogP contribution in [0.4, 0.5) is 10.1 Å². The number of benzene rings is 2. The predicted octanol–water partition coefficient (Wildman–Crippen LogP) is 2.98. The van der Waals surface area contributed by atoms with Gasteiger partial charge in [-0.2, -0.15) is 0 Å². The maximum absolute atomic E-state index is 13.1. The van der Waals surface area contributed by atoms with Gasteiger partial charge in [0.05, 0.1) is 4.92 Å². The van der Waals surface area contributed by atoms with Gasteiger partial charge in [0.1, 0.15) is 11.6 Å². The second-order valence-corrected chi connectivity index (χ2v) is 3.82. The Morgan fingerprint density at radius 3 is 2.74 bits per heavy atom. The first kappa shape index (κ1) is 13.0. The Bertz CT molecular complexity index is 617. The number of hydrogen-bond acceptors (Lipinski definition) is 4. The molecule has 6 heteroatoms. The Balaban J connectivity index is 2.36. The third kappa shape index (κ3) is 3.05. The van der Waals surface area contributed by atoms with Crippen LogP contribution in [0.5, 0.6) is 11.5 Å². The highest BCUT2D eigenvalue weighted by Gasteiger charge is 2.16. The molecular formula is C13H11FN2O3. The van der Waals surface area contributed by atoms with Crippen molar-refractivity contribution in [3.8, 4) is 11.5 Å². The monoisotopic (exact) mass is 262 g/mol. The zero-order chi connectivity index (χ0) is 13.8. The van der Waals surface area contributed by atoms with Gasteiger partial charge in [-0.25, -0.2) is 4.39 Å². The molecule has 2 aromatic rings. The SMILES string of the molecule is NCc1cccc(Oc2cc(F)ccc2[N+](=O)[O-])c1.